The third-order valence-electron chi connectivity index (χ3n) is 3.70. The lowest BCUT2D eigenvalue weighted by molar-refractivity contribution is 0.155. The van der Waals surface area contributed by atoms with Crippen LogP contribution in [0.3, 0.4) is 0 Å². The fourth-order valence-corrected chi connectivity index (χ4v) is 2.95. The third-order valence-corrected chi connectivity index (χ3v) is 3.70. The van der Waals surface area contributed by atoms with Crippen molar-refractivity contribution in [2.75, 3.05) is 13.1 Å². The van der Waals surface area contributed by atoms with Crippen molar-refractivity contribution in [2.45, 2.75) is 45.4 Å². The highest BCUT2D eigenvalue weighted by molar-refractivity contribution is 4.97. The van der Waals surface area contributed by atoms with Gasteiger partial charge in [-0.05, 0) is 50.0 Å². The molecule has 12 heavy (non-hydrogen) atoms. The van der Waals surface area contributed by atoms with Gasteiger partial charge in [0.2, 0.25) is 0 Å². The molecule has 1 atom stereocenters. The highest BCUT2D eigenvalue weighted by Crippen LogP contribution is 2.51. The molecule has 1 heteroatoms. The van der Waals surface area contributed by atoms with Crippen LogP contribution in [0.4, 0.5) is 0 Å². The van der Waals surface area contributed by atoms with Crippen LogP contribution >= 0.6 is 0 Å². The van der Waals surface area contributed by atoms with Gasteiger partial charge in [0.05, 0.1) is 0 Å². The summed E-state index contributed by atoms with van der Waals surface area (Å²) in [5.74, 6) is 1.09. The lowest BCUT2D eigenvalue weighted by atomic mass is 9.73. The molecule has 1 saturated carbocycles. The summed E-state index contributed by atoms with van der Waals surface area (Å²) in [6.45, 7) is 4.91. The molecular formula is C11H21N. The van der Waals surface area contributed by atoms with Crippen LogP contribution in [0.25, 0.3) is 0 Å². The van der Waals surface area contributed by atoms with Crippen LogP contribution in [0.5, 0.6) is 0 Å². The van der Waals surface area contributed by atoms with Gasteiger partial charge in [-0.2, -0.15) is 0 Å². The van der Waals surface area contributed by atoms with Crippen molar-refractivity contribution in [3.63, 3.8) is 0 Å². The second-order valence-electron chi connectivity index (χ2n) is 4.67. The van der Waals surface area contributed by atoms with Gasteiger partial charge in [-0.3, -0.25) is 0 Å². The molecule has 1 aliphatic carbocycles. The predicted octanol–water partition coefficient (Wildman–Crippen LogP) is 2.57. The van der Waals surface area contributed by atoms with E-state index < -0.39 is 0 Å². The standard InChI is InChI=1S/C11H21N/c1-2-6-11(10-4-5-10)7-3-8-12-9-11/h10,12H,2-9H2,1H3. The normalized spacial score (nSPS) is 36.8. The molecule has 0 aromatic heterocycles. The van der Waals surface area contributed by atoms with Crippen molar-refractivity contribution >= 4 is 0 Å². The second-order valence-corrected chi connectivity index (χ2v) is 4.67. The molecule has 70 valence electrons. The van der Waals surface area contributed by atoms with E-state index in [4.69, 9.17) is 0 Å². The smallest absolute Gasteiger partial charge is 0.00105 e. The van der Waals surface area contributed by atoms with E-state index in [1.165, 1.54) is 51.6 Å². The van der Waals surface area contributed by atoms with Crippen LogP contribution in [0.1, 0.15) is 45.4 Å². The van der Waals surface area contributed by atoms with E-state index in [0.29, 0.717) is 0 Å². The van der Waals surface area contributed by atoms with Crippen molar-refractivity contribution in [3.05, 3.63) is 0 Å². The van der Waals surface area contributed by atoms with Crippen LogP contribution < -0.4 is 5.32 Å². The molecule has 1 N–H and O–H groups in total. The Morgan fingerprint density at radius 2 is 2.25 bits per heavy atom. The Labute approximate surface area is 75.9 Å². The Balaban J connectivity index is 1.98. The lowest BCUT2D eigenvalue weighted by Crippen LogP contribution is -2.41. The summed E-state index contributed by atoms with van der Waals surface area (Å²) < 4.78 is 0. The minimum Gasteiger partial charge on any atom is -0.316 e. The highest BCUT2D eigenvalue weighted by atomic mass is 14.9. The van der Waals surface area contributed by atoms with E-state index in [0.717, 1.165) is 11.3 Å². The molecule has 0 spiro atoms. The van der Waals surface area contributed by atoms with Crippen LogP contribution in [0.2, 0.25) is 0 Å². The fourth-order valence-electron chi connectivity index (χ4n) is 2.95. The first kappa shape index (κ1) is 8.55. The van der Waals surface area contributed by atoms with Crippen molar-refractivity contribution in [2.24, 2.45) is 11.3 Å². The van der Waals surface area contributed by atoms with Crippen molar-refractivity contribution in [1.29, 1.82) is 0 Å². The minimum atomic E-state index is 0.729. The molecule has 0 aromatic carbocycles. The first-order chi connectivity index (χ1) is 5.87. The monoisotopic (exact) mass is 167 g/mol. The molecule has 1 heterocycles. The third kappa shape index (κ3) is 1.52. The van der Waals surface area contributed by atoms with Gasteiger partial charge in [0, 0.05) is 6.54 Å². The zero-order valence-corrected chi connectivity index (χ0v) is 8.23. The average Bonchev–Trinajstić information content (AvgIpc) is 2.89. The number of hydrogen-bond donors (Lipinski definition) is 1. The van der Waals surface area contributed by atoms with Crippen LogP contribution in [0.15, 0.2) is 0 Å². The van der Waals surface area contributed by atoms with E-state index in [2.05, 4.69) is 12.2 Å². The van der Waals surface area contributed by atoms with Crippen molar-refractivity contribution in [3.8, 4) is 0 Å². The molecule has 2 rings (SSSR count). The molecule has 1 saturated heterocycles. The SMILES string of the molecule is CCCC1(C2CC2)CCCNC1. The highest BCUT2D eigenvalue weighted by Gasteiger charge is 2.44. The maximum atomic E-state index is 3.58. The summed E-state index contributed by atoms with van der Waals surface area (Å²) in [5.41, 5.74) is 0.729. The predicted molar refractivity (Wildman–Crippen MR) is 52.2 cm³/mol. The van der Waals surface area contributed by atoms with E-state index in [-0.39, 0.29) is 0 Å². The van der Waals surface area contributed by atoms with E-state index in [1.54, 1.807) is 0 Å². The Morgan fingerprint density at radius 3 is 2.75 bits per heavy atom. The molecule has 1 unspecified atom stereocenters. The minimum absolute atomic E-state index is 0.729. The molecule has 0 aromatic rings. The molecule has 0 amide bonds. The summed E-state index contributed by atoms with van der Waals surface area (Å²) in [7, 11) is 0. The van der Waals surface area contributed by atoms with Gasteiger partial charge in [0.1, 0.15) is 0 Å². The summed E-state index contributed by atoms with van der Waals surface area (Å²) >= 11 is 0. The van der Waals surface area contributed by atoms with Crippen LogP contribution in [0, 0.1) is 11.3 Å². The van der Waals surface area contributed by atoms with E-state index in [1.807, 2.05) is 0 Å². The van der Waals surface area contributed by atoms with Crippen molar-refractivity contribution < 1.29 is 0 Å². The van der Waals surface area contributed by atoms with Gasteiger partial charge in [-0.15, -0.1) is 0 Å². The molecule has 0 radical (unpaired) electrons. The van der Waals surface area contributed by atoms with Gasteiger partial charge >= 0.3 is 0 Å². The number of nitrogens with one attached hydrogen (secondary N) is 1. The fraction of sp³-hybridized carbons (Fsp3) is 1.00. The van der Waals surface area contributed by atoms with Gasteiger partial charge in [0.25, 0.3) is 0 Å². The first-order valence-electron chi connectivity index (χ1n) is 5.58. The van der Waals surface area contributed by atoms with Gasteiger partial charge in [0.15, 0.2) is 0 Å². The quantitative estimate of drug-likeness (QED) is 0.681. The van der Waals surface area contributed by atoms with Crippen LogP contribution in [-0.2, 0) is 0 Å². The maximum absolute atomic E-state index is 3.58. The van der Waals surface area contributed by atoms with Crippen molar-refractivity contribution in [1.82, 2.24) is 5.32 Å². The number of hydrogen-bond acceptors (Lipinski definition) is 1. The maximum Gasteiger partial charge on any atom is 0.00105 e. The Kier molecular flexibility index (Phi) is 2.40. The molecular weight excluding hydrogens is 146 g/mol. The Hall–Kier alpha value is -0.0400. The van der Waals surface area contributed by atoms with Gasteiger partial charge in [-0.1, -0.05) is 13.3 Å². The zero-order valence-electron chi connectivity index (χ0n) is 8.23. The topological polar surface area (TPSA) is 12.0 Å². The lowest BCUT2D eigenvalue weighted by Gasteiger charge is -2.38. The second kappa shape index (κ2) is 3.37. The zero-order chi connectivity index (χ0) is 8.44. The molecule has 1 aliphatic heterocycles. The van der Waals surface area contributed by atoms with Crippen LogP contribution in [-0.4, -0.2) is 13.1 Å². The summed E-state index contributed by atoms with van der Waals surface area (Å²) in [4.78, 5) is 0. The van der Waals surface area contributed by atoms with E-state index >= 15 is 0 Å². The summed E-state index contributed by atoms with van der Waals surface area (Å²) in [6, 6.07) is 0. The Morgan fingerprint density at radius 1 is 1.42 bits per heavy atom. The molecule has 2 aliphatic rings. The van der Waals surface area contributed by atoms with Gasteiger partial charge < -0.3 is 5.32 Å². The largest absolute Gasteiger partial charge is 0.316 e. The molecule has 2 fully saturated rings. The number of piperidine rings is 1. The molecule has 1 nitrogen and oxygen atoms in total. The Bertz CT molecular complexity index is 138. The molecule has 0 bridgehead atoms. The van der Waals surface area contributed by atoms with E-state index in [9.17, 15) is 0 Å². The van der Waals surface area contributed by atoms with Gasteiger partial charge in [-0.25, -0.2) is 0 Å². The summed E-state index contributed by atoms with van der Waals surface area (Å²) in [5, 5.41) is 3.58. The average molecular weight is 167 g/mol. The summed E-state index contributed by atoms with van der Waals surface area (Å²) in [6.07, 6.45) is 8.78. The first-order valence-corrected chi connectivity index (χ1v) is 5.58. The number of rotatable bonds is 3.